The molecule has 0 radical (unpaired) electrons. The largest absolute Gasteiger partial charge is 0.330 e. The van der Waals surface area contributed by atoms with E-state index in [1.165, 1.54) is 0 Å². The zero-order valence-electron chi connectivity index (χ0n) is 8.11. The van der Waals surface area contributed by atoms with Gasteiger partial charge in [-0.25, -0.2) is 0 Å². The second-order valence-electron chi connectivity index (χ2n) is 2.84. The Morgan fingerprint density at radius 2 is 1.23 bits per heavy atom. The number of carbonyl (C=O) groups is 1. The summed E-state index contributed by atoms with van der Waals surface area (Å²) in [4.78, 5) is 9.96. The van der Waals surface area contributed by atoms with Crippen LogP contribution < -0.4 is 5.73 Å². The van der Waals surface area contributed by atoms with Crippen LogP contribution in [0.5, 0.6) is 0 Å². The SMILES string of the molecule is NCCC=CCCC=CCCC=O. The summed E-state index contributed by atoms with van der Waals surface area (Å²) in [7, 11) is 0. The van der Waals surface area contributed by atoms with E-state index in [0.717, 1.165) is 38.5 Å². The normalized spacial score (nSPS) is 11.5. The lowest BCUT2D eigenvalue weighted by atomic mass is 10.2. The highest BCUT2D eigenvalue weighted by molar-refractivity contribution is 5.49. The first-order chi connectivity index (χ1) is 6.41. The zero-order valence-corrected chi connectivity index (χ0v) is 8.11. The van der Waals surface area contributed by atoms with Crippen molar-refractivity contribution in [2.24, 2.45) is 5.73 Å². The van der Waals surface area contributed by atoms with Crippen LogP contribution in [0.2, 0.25) is 0 Å². The second kappa shape index (κ2) is 11.1. The maximum atomic E-state index is 9.96. The van der Waals surface area contributed by atoms with Gasteiger partial charge < -0.3 is 10.5 Å². The summed E-state index contributed by atoms with van der Waals surface area (Å²) in [5.74, 6) is 0. The molecule has 2 nitrogen and oxygen atoms in total. The van der Waals surface area contributed by atoms with Crippen molar-refractivity contribution < 1.29 is 4.79 Å². The molecular formula is C11H19NO. The van der Waals surface area contributed by atoms with Crippen molar-refractivity contribution >= 4 is 6.29 Å². The maximum absolute atomic E-state index is 9.96. The number of aldehydes is 1. The minimum absolute atomic E-state index is 0.638. The van der Waals surface area contributed by atoms with Crippen LogP contribution in [0.15, 0.2) is 24.3 Å². The maximum Gasteiger partial charge on any atom is 0.120 e. The van der Waals surface area contributed by atoms with E-state index in [9.17, 15) is 4.79 Å². The molecule has 0 aromatic carbocycles. The summed E-state index contributed by atoms with van der Waals surface area (Å²) in [6.07, 6.45) is 14.0. The average Bonchev–Trinajstić information content (AvgIpc) is 2.16. The van der Waals surface area contributed by atoms with Crippen molar-refractivity contribution in [3.8, 4) is 0 Å². The molecule has 0 saturated carbocycles. The lowest BCUT2D eigenvalue weighted by molar-refractivity contribution is -0.107. The summed E-state index contributed by atoms with van der Waals surface area (Å²) in [6.45, 7) is 0.728. The highest BCUT2D eigenvalue weighted by Crippen LogP contribution is 1.96. The number of carbonyl (C=O) groups excluding carboxylic acids is 1. The molecule has 0 bridgehead atoms. The fourth-order valence-corrected chi connectivity index (χ4v) is 0.924. The molecule has 0 aromatic heterocycles. The van der Waals surface area contributed by atoms with E-state index in [0.29, 0.717) is 6.42 Å². The van der Waals surface area contributed by atoms with Gasteiger partial charge >= 0.3 is 0 Å². The minimum atomic E-state index is 0.638. The third-order valence-electron chi connectivity index (χ3n) is 1.62. The van der Waals surface area contributed by atoms with Gasteiger partial charge in [0.1, 0.15) is 6.29 Å². The number of nitrogens with two attached hydrogens (primary N) is 1. The standard InChI is InChI=1S/C11H19NO/c12-10-8-6-4-2-1-3-5-7-9-11-13/h3-6,11H,1-2,7-10,12H2. The molecule has 0 aliphatic carbocycles. The summed E-state index contributed by atoms with van der Waals surface area (Å²) in [5.41, 5.74) is 5.33. The molecule has 0 rings (SSSR count). The van der Waals surface area contributed by atoms with Crippen molar-refractivity contribution in [2.45, 2.75) is 32.1 Å². The molecule has 2 N–H and O–H groups in total. The van der Waals surface area contributed by atoms with E-state index in [2.05, 4.69) is 24.3 Å². The molecule has 2 heteroatoms. The van der Waals surface area contributed by atoms with E-state index >= 15 is 0 Å². The predicted molar refractivity (Wildman–Crippen MR) is 56.5 cm³/mol. The van der Waals surface area contributed by atoms with Crippen LogP contribution in [0.4, 0.5) is 0 Å². The number of hydrogen-bond donors (Lipinski definition) is 1. The van der Waals surface area contributed by atoms with E-state index < -0.39 is 0 Å². The quantitative estimate of drug-likeness (QED) is 0.354. The molecule has 0 atom stereocenters. The lowest BCUT2D eigenvalue weighted by Crippen LogP contribution is -1.94. The van der Waals surface area contributed by atoms with Gasteiger partial charge in [0.05, 0.1) is 0 Å². The number of rotatable bonds is 8. The van der Waals surface area contributed by atoms with Gasteiger partial charge in [-0.3, -0.25) is 0 Å². The zero-order chi connectivity index (χ0) is 9.78. The van der Waals surface area contributed by atoms with Crippen LogP contribution in [0, 0.1) is 0 Å². The summed E-state index contributed by atoms with van der Waals surface area (Å²) < 4.78 is 0. The fourth-order valence-electron chi connectivity index (χ4n) is 0.924. The number of allylic oxidation sites excluding steroid dienone is 3. The van der Waals surface area contributed by atoms with Gasteiger partial charge in [0.2, 0.25) is 0 Å². The van der Waals surface area contributed by atoms with Crippen LogP contribution in [-0.4, -0.2) is 12.8 Å². The molecule has 0 aliphatic heterocycles. The third-order valence-corrected chi connectivity index (χ3v) is 1.62. The molecule has 0 fully saturated rings. The molecule has 74 valence electrons. The van der Waals surface area contributed by atoms with Crippen LogP contribution >= 0.6 is 0 Å². The van der Waals surface area contributed by atoms with Gasteiger partial charge in [-0.2, -0.15) is 0 Å². The number of unbranched alkanes of at least 4 members (excludes halogenated alkanes) is 2. The van der Waals surface area contributed by atoms with Crippen LogP contribution in [-0.2, 0) is 4.79 Å². The minimum Gasteiger partial charge on any atom is -0.330 e. The monoisotopic (exact) mass is 181 g/mol. The van der Waals surface area contributed by atoms with Gasteiger partial charge in [-0.15, -0.1) is 0 Å². The lowest BCUT2D eigenvalue weighted by Gasteiger charge is -1.87. The Balaban J connectivity index is 3.14. The topological polar surface area (TPSA) is 43.1 Å². The molecule has 13 heavy (non-hydrogen) atoms. The summed E-state index contributed by atoms with van der Waals surface area (Å²) >= 11 is 0. The molecule has 0 heterocycles. The Labute approximate surface area is 80.5 Å². The van der Waals surface area contributed by atoms with Crippen molar-refractivity contribution in [2.75, 3.05) is 6.54 Å². The fraction of sp³-hybridized carbons (Fsp3) is 0.545. The molecule has 0 aliphatic rings. The van der Waals surface area contributed by atoms with Gasteiger partial charge in [-0.1, -0.05) is 24.3 Å². The Kier molecular flexibility index (Phi) is 10.3. The van der Waals surface area contributed by atoms with E-state index in [-0.39, 0.29) is 0 Å². The number of hydrogen-bond acceptors (Lipinski definition) is 2. The van der Waals surface area contributed by atoms with Gasteiger partial charge in [-0.05, 0) is 32.2 Å². The van der Waals surface area contributed by atoms with E-state index in [4.69, 9.17) is 5.73 Å². The van der Waals surface area contributed by atoms with Crippen LogP contribution in [0.25, 0.3) is 0 Å². The first-order valence-corrected chi connectivity index (χ1v) is 4.85. The molecule has 0 amide bonds. The highest BCUT2D eigenvalue weighted by atomic mass is 16.1. The Hall–Kier alpha value is -0.890. The molecule has 0 aromatic rings. The smallest absolute Gasteiger partial charge is 0.120 e. The first-order valence-electron chi connectivity index (χ1n) is 4.85. The van der Waals surface area contributed by atoms with Gasteiger partial charge in [0.25, 0.3) is 0 Å². The van der Waals surface area contributed by atoms with Crippen molar-refractivity contribution in [3.63, 3.8) is 0 Å². The molecule has 0 spiro atoms. The Morgan fingerprint density at radius 1 is 0.769 bits per heavy atom. The van der Waals surface area contributed by atoms with Crippen LogP contribution in [0.1, 0.15) is 32.1 Å². The van der Waals surface area contributed by atoms with Gasteiger partial charge in [0.15, 0.2) is 0 Å². The summed E-state index contributed by atoms with van der Waals surface area (Å²) in [5, 5.41) is 0. The summed E-state index contributed by atoms with van der Waals surface area (Å²) in [6, 6.07) is 0. The van der Waals surface area contributed by atoms with Crippen LogP contribution in [0.3, 0.4) is 0 Å². The van der Waals surface area contributed by atoms with Crippen molar-refractivity contribution in [1.29, 1.82) is 0 Å². The van der Waals surface area contributed by atoms with Gasteiger partial charge in [0, 0.05) is 6.42 Å². The molecular weight excluding hydrogens is 162 g/mol. The average molecular weight is 181 g/mol. The van der Waals surface area contributed by atoms with Crippen molar-refractivity contribution in [3.05, 3.63) is 24.3 Å². The Bertz CT molecular complexity index is 161. The molecule has 0 unspecified atom stereocenters. The first kappa shape index (κ1) is 12.1. The van der Waals surface area contributed by atoms with Crippen molar-refractivity contribution in [1.82, 2.24) is 0 Å². The Morgan fingerprint density at radius 3 is 1.69 bits per heavy atom. The van der Waals surface area contributed by atoms with E-state index in [1.807, 2.05) is 0 Å². The second-order valence-corrected chi connectivity index (χ2v) is 2.84. The molecule has 0 saturated heterocycles. The predicted octanol–water partition coefficient (Wildman–Crippen LogP) is 2.21. The third kappa shape index (κ3) is 11.1. The highest BCUT2D eigenvalue weighted by Gasteiger charge is 1.79. The van der Waals surface area contributed by atoms with E-state index in [1.54, 1.807) is 0 Å².